The first-order valence-corrected chi connectivity index (χ1v) is 10.6. The van der Waals surface area contributed by atoms with Crippen molar-refractivity contribution >= 4 is 21.6 Å². The average molecular weight is 408 g/mol. The molecule has 1 N–H and O–H groups in total. The number of rotatable bonds is 4. The van der Waals surface area contributed by atoms with Gasteiger partial charge in [-0.15, -0.1) is 0 Å². The van der Waals surface area contributed by atoms with Gasteiger partial charge in [0.05, 0.1) is 4.90 Å². The predicted octanol–water partition coefficient (Wildman–Crippen LogP) is 4.09. The zero-order valence-electron chi connectivity index (χ0n) is 15.5. The Morgan fingerprint density at radius 1 is 0.964 bits per heavy atom. The van der Waals surface area contributed by atoms with Crippen LogP contribution < -0.4 is 5.32 Å². The third kappa shape index (κ3) is 4.39. The molecule has 150 valence electrons. The summed E-state index contributed by atoms with van der Waals surface area (Å²) in [6.07, 6.45) is 3.67. The van der Waals surface area contributed by atoms with E-state index in [0.717, 1.165) is 43.9 Å². The lowest BCUT2D eigenvalue weighted by atomic mass is 10.2. The number of anilines is 1. The first kappa shape index (κ1) is 20.4. The molecule has 1 aliphatic heterocycles. The van der Waals surface area contributed by atoms with E-state index in [1.165, 1.54) is 10.4 Å². The van der Waals surface area contributed by atoms with Gasteiger partial charge in [-0.25, -0.2) is 17.2 Å². The Morgan fingerprint density at radius 2 is 1.64 bits per heavy atom. The van der Waals surface area contributed by atoms with Crippen LogP contribution in [-0.4, -0.2) is 31.7 Å². The molecule has 2 aromatic rings. The molecule has 1 fully saturated rings. The maximum atomic E-state index is 13.4. The van der Waals surface area contributed by atoms with E-state index in [0.29, 0.717) is 18.7 Å². The van der Waals surface area contributed by atoms with Gasteiger partial charge in [-0.3, -0.25) is 4.79 Å². The standard InChI is InChI=1S/C20H22F2N2O3S/c1-14-6-8-16(23-20(25)15-7-9-17(21)18(22)12-15)13-19(14)28(26,27)24-10-4-2-3-5-11-24/h6-9,12-13H,2-5,10-11H2,1H3,(H,23,25). The average Bonchev–Trinajstić information content (AvgIpc) is 2.95. The normalized spacial score (nSPS) is 15.8. The Kier molecular flexibility index (Phi) is 6.10. The molecule has 1 saturated heterocycles. The number of nitrogens with one attached hydrogen (secondary N) is 1. The molecule has 3 rings (SSSR count). The van der Waals surface area contributed by atoms with E-state index in [1.54, 1.807) is 19.1 Å². The smallest absolute Gasteiger partial charge is 0.255 e. The maximum absolute atomic E-state index is 13.4. The second-order valence-electron chi connectivity index (χ2n) is 6.88. The minimum Gasteiger partial charge on any atom is -0.322 e. The van der Waals surface area contributed by atoms with Gasteiger partial charge in [0, 0.05) is 24.3 Å². The third-order valence-corrected chi connectivity index (χ3v) is 6.85. The van der Waals surface area contributed by atoms with Crippen LogP contribution in [0.2, 0.25) is 0 Å². The molecule has 2 aromatic carbocycles. The van der Waals surface area contributed by atoms with Gasteiger partial charge in [0.2, 0.25) is 10.0 Å². The largest absolute Gasteiger partial charge is 0.322 e. The zero-order valence-corrected chi connectivity index (χ0v) is 16.4. The minimum atomic E-state index is -3.68. The number of sulfonamides is 1. The number of hydrogen-bond acceptors (Lipinski definition) is 3. The maximum Gasteiger partial charge on any atom is 0.255 e. The topological polar surface area (TPSA) is 66.5 Å². The van der Waals surface area contributed by atoms with Crippen molar-refractivity contribution in [2.75, 3.05) is 18.4 Å². The number of hydrogen-bond donors (Lipinski definition) is 1. The Morgan fingerprint density at radius 3 is 2.29 bits per heavy atom. The van der Waals surface area contributed by atoms with Crippen molar-refractivity contribution in [2.24, 2.45) is 0 Å². The lowest BCUT2D eigenvalue weighted by Gasteiger charge is -2.21. The summed E-state index contributed by atoms with van der Waals surface area (Å²) in [5.74, 6) is -2.82. The van der Waals surface area contributed by atoms with Gasteiger partial charge in [-0.1, -0.05) is 18.9 Å². The Balaban J connectivity index is 1.86. The van der Waals surface area contributed by atoms with E-state index in [2.05, 4.69) is 5.32 Å². The molecule has 1 amide bonds. The number of nitrogens with zero attached hydrogens (tertiary/aromatic N) is 1. The summed E-state index contributed by atoms with van der Waals surface area (Å²) in [5, 5.41) is 2.55. The van der Waals surface area contributed by atoms with Crippen LogP contribution in [0.3, 0.4) is 0 Å². The highest BCUT2D eigenvalue weighted by Crippen LogP contribution is 2.26. The fourth-order valence-electron chi connectivity index (χ4n) is 3.22. The highest BCUT2D eigenvalue weighted by molar-refractivity contribution is 7.89. The zero-order chi connectivity index (χ0) is 20.3. The monoisotopic (exact) mass is 408 g/mol. The Labute approximate surface area is 163 Å². The van der Waals surface area contributed by atoms with Gasteiger partial charge in [-0.2, -0.15) is 4.31 Å². The van der Waals surface area contributed by atoms with Crippen LogP contribution in [0.25, 0.3) is 0 Å². The SMILES string of the molecule is Cc1ccc(NC(=O)c2ccc(F)c(F)c2)cc1S(=O)(=O)N1CCCCCC1. The van der Waals surface area contributed by atoms with Crippen LogP contribution in [0.4, 0.5) is 14.5 Å². The fourth-order valence-corrected chi connectivity index (χ4v) is 4.99. The molecule has 8 heteroatoms. The summed E-state index contributed by atoms with van der Waals surface area (Å²) in [6, 6.07) is 7.44. The van der Waals surface area contributed by atoms with Crippen molar-refractivity contribution in [3.8, 4) is 0 Å². The molecule has 0 spiro atoms. The number of amides is 1. The fraction of sp³-hybridized carbons (Fsp3) is 0.350. The Bertz CT molecular complexity index is 985. The summed E-state index contributed by atoms with van der Waals surface area (Å²) < 4.78 is 54.0. The molecule has 1 heterocycles. The third-order valence-electron chi connectivity index (χ3n) is 4.81. The summed E-state index contributed by atoms with van der Waals surface area (Å²) in [7, 11) is -3.68. The number of carbonyl (C=O) groups excluding carboxylic acids is 1. The quantitative estimate of drug-likeness (QED) is 0.829. The van der Waals surface area contributed by atoms with Crippen LogP contribution in [0.15, 0.2) is 41.3 Å². The molecule has 0 saturated carbocycles. The van der Waals surface area contributed by atoms with E-state index in [4.69, 9.17) is 0 Å². The Hall–Kier alpha value is -2.32. The predicted molar refractivity (Wildman–Crippen MR) is 103 cm³/mol. The highest BCUT2D eigenvalue weighted by atomic mass is 32.2. The highest BCUT2D eigenvalue weighted by Gasteiger charge is 2.27. The summed E-state index contributed by atoms with van der Waals surface area (Å²) in [6.45, 7) is 2.66. The van der Waals surface area contributed by atoms with Crippen LogP contribution in [0, 0.1) is 18.6 Å². The van der Waals surface area contributed by atoms with E-state index in [1.807, 2.05) is 0 Å². The van der Waals surface area contributed by atoms with Crippen molar-refractivity contribution in [1.29, 1.82) is 0 Å². The number of benzene rings is 2. The molecule has 1 aliphatic rings. The van der Waals surface area contributed by atoms with E-state index < -0.39 is 27.6 Å². The lowest BCUT2D eigenvalue weighted by Crippen LogP contribution is -2.32. The molecule has 28 heavy (non-hydrogen) atoms. The van der Waals surface area contributed by atoms with Gasteiger partial charge < -0.3 is 5.32 Å². The first-order chi connectivity index (χ1) is 13.3. The van der Waals surface area contributed by atoms with Gasteiger partial charge >= 0.3 is 0 Å². The molecular weight excluding hydrogens is 386 g/mol. The second kappa shape index (κ2) is 8.36. The van der Waals surface area contributed by atoms with Gasteiger partial charge in [0.15, 0.2) is 11.6 Å². The minimum absolute atomic E-state index is 0.0589. The molecule has 5 nitrogen and oxygen atoms in total. The molecule has 0 aromatic heterocycles. The van der Waals surface area contributed by atoms with Gasteiger partial charge in [-0.05, 0) is 55.7 Å². The van der Waals surface area contributed by atoms with Gasteiger partial charge in [0.1, 0.15) is 0 Å². The van der Waals surface area contributed by atoms with Crippen molar-refractivity contribution in [2.45, 2.75) is 37.5 Å². The van der Waals surface area contributed by atoms with Crippen molar-refractivity contribution in [1.82, 2.24) is 4.31 Å². The van der Waals surface area contributed by atoms with Crippen molar-refractivity contribution in [3.05, 3.63) is 59.2 Å². The van der Waals surface area contributed by atoms with Crippen LogP contribution in [0.1, 0.15) is 41.6 Å². The van der Waals surface area contributed by atoms with Crippen LogP contribution in [-0.2, 0) is 10.0 Å². The second-order valence-corrected chi connectivity index (χ2v) is 8.79. The lowest BCUT2D eigenvalue weighted by molar-refractivity contribution is 0.102. The molecule has 0 bridgehead atoms. The number of aryl methyl sites for hydroxylation is 1. The van der Waals surface area contributed by atoms with Gasteiger partial charge in [0.25, 0.3) is 5.91 Å². The summed E-state index contributed by atoms with van der Waals surface area (Å²) in [5.41, 5.74) is 0.792. The summed E-state index contributed by atoms with van der Waals surface area (Å²) >= 11 is 0. The molecule has 0 atom stereocenters. The van der Waals surface area contributed by atoms with Crippen molar-refractivity contribution < 1.29 is 22.0 Å². The number of carbonyl (C=O) groups is 1. The first-order valence-electron chi connectivity index (χ1n) is 9.16. The van der Waals surface area contributed by atoms with E-state index in [9.17, 15) is 22.0 Å². The summed E-state index contributed by atoms with van der Waals surface area (Å²) in [4.78, 5) is 12.4. The molecule has 0 radical (unpaired) electrons. The molecule has 0 unspecified atom stereocenters. The molecule has 0 aliphatic carbocycles. The van der Waals surface area contributed by atoms with Crippen LogP contribution >= 0.6 is 0 Å². The van der Waals surface area contributed by atoms with E-state index >= 15 is 0 Å². The van der Waals surface area contributed by atoms with E-state index in [-0.39, 0.29) is 16.1 Å². The van der Waals surface area contributed by atoms with Crippen molar-refractivity contribution in [3.63, 3.8) is 0 Å². The molecular formula is C20H22F2N2O3S. The van der Waals surface area contributed by atoms with Crippen LogP contribution in [0.5, 0.6) is 0 Å². The number of halogens is 2.